The first-order valence-electron chi connectivity index (χ1n) is 13.0. The maximum absolute atomic E-state index is 13.7. The normalized spacial score (nSPS) is 13.4. The Hall–Kier alpha value is -4.03. The predicted molar refractivity (Wildman–Crippen MR) is 153 cm³/mol. The van der Waals surface area contributed by atoms with E-state index in [0.717, 1.165) is 27.6 Å². The summed E-state index contributed by atoms with van der Waals surface area (Å²) in [6.07, 6.45) is 3.30. The van der Waals surface area contributed by atoms with Gasteiger partial charge in [-0.25, -0.2) is 0 Å². The fourth-order valence-electron chi connectivity index (χ4n) is 4.61. The van der Waals surface area contributed by atoms with Crippen LogP contribution in [0.2, 0.25) is 0 Å². The molecular weight excluding hydrogens is 472 g/mol. The van der Waals surface area contributed by atoms with E-state index in [1.54, 1.807) is 25.2 Å². The minimum atomic E-state index is -0.899. The molecular formula is C32H36N4O2. The summed E-state index contributed by atoms with van der Waals surface area (Å²) >= 11 is 0. The van der Waals surface area contributed by atoms with Gasteiger partial charge in [-0.15, -0.1) is 0 Å². The first-order chi connectivity index (χ1) is 18.4. The van der Waals surface area contributed by atoms with Crippen molar-refractivity contribution in [2.45, 2.75) is 37.8 Å². The van der Waals surface area contributed by atoms with Crippen molar-refractivity contribution in [2.75, 3.05) is 20.6 Å². The first kappa shape index (κ1) is 27.0. The lowest BCUT2D eigenvalue weighted by Gasteiger charge is -2.32. The summed E-state index contributed by atoms with van der Waals surface area (Å²) in [5, 5.41) is 8.59. The highest BCUT2D eigenvalue weighted by atomic mass is 16.2. The number of likely N-dealkylation sites (N-methyl/N-ethyl adjacent to an activating group) is 2. The van der Waals surface area contributed by atoms with E-state index < -0.39 is 11.6 Å². The van der Waals surface area contributed by atoms with Crippen molar-refractivity contribution >= 4 is 22.6 Å². The number of nitrogens with zero attached hydrogens (tertiary/aromatic N) is 2. The molecule has 1 aromatic heterocycles. The summed E-state index contributed by atoms with van der Waals surface area (Å²) in [5.74, 6) is -0.331. The predicted octanol–water partition coefficient (Wildman–Crippen LogP) is 4.18. The Bertz CT molecular complexity index is 1360. The van der Waals surface area contributed by atoms with E-state index in [9.17, 15) is 9.59 Å². The monoisotopic (exact) mass is 508 g/mol. The van der Waals surface area contributed by atoms with Gasteiger partial charge in [0.25, 0.3) is 0 Å². The van der Waals surface area contributed by atoms with Crippen LogP contribution in [0.5, 0.6) is 0 Å². The molecule has 1 heterocycles. The molecule has 6 nitrogen and oxygen atoms in total. The molecule has 0 bridgehead atoms. The average molecular weight is 509 g/mol. The van der Waals surface area contributed by atoms with E-state index in [0.29, 0.717) is 25.8 Å². The van der Waals surface area contributed by atoms with Crippen molar-refractivity contribution in [3.8, 4) is 0 Å². The standard InChI is InChI=1S/C32H36N4O2/c1-32(33-2,23-25-16-17-26-13-7-8-14-27(26)21-25)31(38)35-29(22-24-11-5-4-6-12-24)30(37)36(3)20-18-28-15-9-10-19-34-28/h4-17,19,21,29,33H,18,20,22-23H2,1-3H3,(H,35,38)/t29-,32?/m1/s1. The molecule has 2 N–H and O–H groups in total. The van der Waals surface area contributed by atoms with Crippen molar-refractivity contribution in [3.05, 3.63) is 114 Å². The SMILES string of the molecule is CNC(C)(Cc1ccc2ccccc2c1)C(=O)N[C@H](Cc1ccccc1)C(=O)N(C)CCc1ccccn1. The Morgan fingerprint density at radius 2 is 1.61 bits per heavy atom. The molecule has 4 rings (SSSR count). The second-order valence-electron chi connectivity index (χ2n) is 9.99. The molecule has 0 saturated heterocycles. The fourth-order valence-corrected chi connectivity index (χ4v) is 4.61. The van der Waals surface area contributed by atoms with E-state index in [1.165, 1.54) is 0 Å². The van der Waals surface area contributed by atoms with E-state index >= 15 is 0 Å². The minimum Gasteiger partial charge on any atom is -0.344 e. The lowest BCUT2D eigenvalue weighted by Crippen LogP contribution is -2.60. The Morgan fingerprint density at radius 3 is 2.32 bits per heavy atom. The quantitative estimate of drug-likeness (QED) is 0.319. The summed E-state index contributed by atoms with van der Waals surface area (Å²) in [6.45, 7) is 2.39. The third kappa shape index (κ3) is 6.84. The molecule has 0 radical (unpaired) electrons. The Labute approximate surface area is 225 Å². The highest BCUT2D eigenvalue weighted by Gasteiger charge is 2.35. The number of fused-ring (bicyclic) bond motifs is 1. The second kappa shape index (κ2) is 12.5. The Morgan fingerprint density at radius 1 is 0.895 bits per heavy atom. The summed E-state index contributed by atoms with van der Waals surface area (Å²) in [7, 11) is 3.56. The molecule has 0 aliphatic carbocycles. The van der Waals surface area contributed by atoms with Crippen LogP contribution in [-0.2, 0) is 28.9 Å². The summed E-state index contributed by atoms with van der Waals surface area (Å²) in [4.78, 5) is 33.4. The van der Waals surface area contributed by atoms with Crippen LogP contribution in [0.25, 0.3) is 10.8 Å². The number of pyridine rings is 1. The van der Waals surface area contributed by atoms with Crippen LogP contribution < -0.4 is 10.6 Å². The second-order valence-corrected chi connectivity index (χ2v) is 9.99. The summed E-state index contributed by atoms with van der Waals surface area (Å²) < 4.78 is 0. The van der Waals surface area contributed by atoms with Gasteiger partial charge in [0.1, 0.15) is 6.04 Å². The molecule has 2 amide bonds. The highest BCUT2D eigenvalue weighted by Crippen LogP contribution is 2.20. The molecule has 4 aromatic rings. The van der Waals surface area contributed by atoms with Crippen LogP contribution in [-0.4, -0.2) is 53.9 Å². The van der Waals surface area contributed by atoms with Crippen molar-refractivity contribution in [3.63, 3.8) is 0 Å². The van der Waals surface area contributed by atoms with Gasteiger partial charge in [-0.3, -0.25) is 14.6 Å². The molecule has 0 spiro atoms. The van der Waals surface area contributed by atoms with E-state index in [-0.39, 0.29) is 11.8 Å². The van der Waals surface area contributed by atoms with Crippen molar-refractivity contribution < 1.29 is 9.59 Å². The summed E-state index contributed by atoms with van der Waals surface area (Å²) in [6, 6.07) is 29.3. The van der Waals surface area contributed by atoms with Crippen LogP contribution in [0.4, 0.5) is 0 Å². The molecule has 3 aromatic carbocycles. The maximum atomic E-state index is 13.7. The molecule has 196 valence electrons. The van der Waals surface area contributed by atoms with E-state index in [4.69, 9.17) is 0 Å². The molecule has 2 atom stereocenters. The maximum Gasteiger partial charge on any atom is 0.245 e. The molecule has 0 saturated carbocycles. The average Bonchev–Trinajstić information content (AvgIpc) is 2.96. The van der Waals surface area contributed by atoms with Crippen LogP contribution in [0.15, 0.2) is 97.2 Å². The topological polar surface area (TPSA) is 74.3 Å². The lowest BCUT2D eigenvalue weighted by molar-refractivity contribution is -0.137. The van der Waals surface area contributed by atoms with Crippen LogP contribution in [0.3, 0.4) is 0 Å². The highest BCUT2D eigenvalue weighted by molar-refractivity contribution is 5.92. The number of benzene rings is 3. The zero-order valence-electron chi connectivity index (χ0n) is 22.4. The largest absolute Gasteiger partial charge is 0.344 e. The number of carbonyl (C=O) groups excluding carboxylic acids is 2. The van der Waals surface area contributed by atoms with Crippen molar-refractivity contribution in [1.82, 2.24) is 20.5 Å². The smallest absolute Gasteiger partial charge is 0.245 e. The number of aromatic nitrogens is 1. The van der Waals surface area contributed by atoms with Gasteiger partial charge in [-0.1, -0.05) is 78.9 Å². The van der Waals surface area contributed by atoms with Crippen molar-refractivity contribution in [1.29, 1.82) is 0 Å². The van der Waals surface area contributed by atoms with Crippen molar-refractivity contribution in [2.24, 2.45) is 0 Å². The summed E-state index contributed by atoms with van der Waals surface area (Å²) in [5.41, 5.74) is 2.07. The third-order valence-electron chi connectivity index (χ3n) is 7.12. The minimum absolute atomic E-state index is 0.123. The lowest BCUT2D eigenvalue weighted by atomic mass is 9.90. The van der Waals surface area contributed by atoms with Gasteiger partial charge in [0.05, 0.1) is 5.54 Å². The van der Waals surface area contributed by atoms with Crippen LogP contribution in [0.1, 0.15) is 23.7 Å². The van der Waals surface area contributed by atoms with Crippen LogP contribution in [0, 0.1) is 0 Å². The first-order valence-corrected chi connectivity index (χ1v) is 13.0. The Kier molecular flexibility index (Phi) is 8.87. The van der Waals surface area contributed by atoms with Gasteiger partial charge in [-0.2, -0.15) is 0 Å². The van der Waals surface area contributed by atoms with Gasteiger partial charge in [-0.05, 0) is 54.4 Å². The number of hydrogen-bond acceptors (Lipinski definition) is 4. The number of rotatable bonds is 11. The van der Waals surface area contributed by atoms with E-state index in [2.05, 4.69) is 45.9 Å². The number of carbonyl (C=O) groups is 2. The number of nitrogens with one attached hydrogen (secondary N) is 2. The Balaban J connectivity index is 1.50. The molecule has 0 aliphatic rings. The molecule has 6 heteroatoms. The number of hydrogen-bond donors (Lipinski definition) is 2. The number of amides is 2. The van der Waals surface area contributed by atoms with Crippen LogP contribution >= 0.6 is 0 Å². The molecule has 0 aliphatic heterocycles. The molecule has 0 fully saturated rings. The van der Waals surface area contributed by atoms with Gasteiger partial charge in [0.2, 0.25) is 11.8 Å². The van der Waals surface area contributed by atoms with Gasteiger partial charge < -0.3 is 15.5 Å². The van der Waals surface area contributed by atoms with Gasteiger partial charge in [0.15, 0.2) is 0 Å². The third-order valence-corrected chi connectivity index (χ3v) is 7.12. The zero-order valence-corrected chi connectivity index (χ0v) is 22.4. The molecule has 1 unspecified atom stereocenters. The fraction of sp³-hybridized carbons (Fsp3) is 0.281. The zero-order chi connectivity index (χ0) is 27.0. The van der Waals surface area contributed by atoms with Gasteiger partial charge in [0, 0.05) is 38.3 Å². The molecule has 38 heavy (non-hydrogen) atoms. The van der Waals surface area contributed by atoms with Gasteiger partial charge >= 0.3 is 0 Å². The van der Waals surface area contributed by atoms with E-state index in [1.807, 2.05) is 67.6 Å².